The van der Waals surface area contributed by atoms with Gasteiger partial charge in [-0.3, -0.25) is 9.59 Å². The summed E-state index contributed by atoms with van der Waals surface area (Å²) < 4.78 is 10.5. The van der Waals surface area contributed by atoms with Gasteiger partial charge in [0.15, 0.2) is 11.5 Å². The number of ether oxygens (including phenoxy) is 2. The number of carbonyl (C=O) groups excluding carboxylic acids is 1. The summed E-state index contributed by atoms with van der Waals surface area (Å²) in [5, 5.41) is 2.67. The number of hydrogen-bond acceptors (Lipinski definition) is 5. The van der Waals surface area contributed by atoms with Gasteiger partial charge in [-0.05, 0) is 24.6 Å². The molecule has 1 aromatic carbocycles. The molecule has 7 heteroatoms. The average Bonchev–Trinajstić information content (AvgIpc) is 2.52. The lowest BCUT2D eigenvalue weighted by molar-refractivity contribution is -0.116. The Kier molecular flexibility index (Phi) is 3.77. The molecule has 0 fully saturated rings. The minimum Gasteiger partial charge on any atom is -0.493 e. The zero-order valence-electron chi connectivity index (χ0n) is 13.1. The second-order valence-corrected chi connectivity index (χ2v) is 5.33. The molecule has 3 rings (SSSR count). The van der Waals surface area contributed by atoms with Crippen LogP contribution in [-0.2, 0) is 4.79 Å². The van der Waals surface area contributed by atoms with Gasteiger partial charge in [0.2, 0.25) is 5.91 Å². The van der Waals surface area contributed by atoms with Gasteiger partial charge >= 0.3 is 0 Å². The van der Waals surface area contributed by atoms with Crippen molar-refractivity contribution in [2.45, 2.75) is 19.3 Å². The average molecular weight is 315 g/mol. The van der Waals surface area contributed by atoms with Crippen LogP contribution in [0.3, 0.4) is 0 Å². The fourth-order valence-corrected chi connectivity index (χ4v) is 2.84. The second kappa shape index (κ2) is 5.75. The van der Waals surface area contributed by atoms with Crippen molar-refractivity contribution < 1.29 is 14.3 Å². The van der Waals surface area contributed by atoms with E-state index >= 15 is 0 Å². The van der Waals surface area contributed by atoms with Crippen molar-refractivity contribution in [2.75, 3.05) is 19.5 Å². The Hall–Kier alpha value is -2.83. The molecule has 1 aliphatic rings. The molecule has 1 aliphatic heterocycles. The summed E-state index contributed by atoms with van der Waals surface area (Å²) in [4.78, 5) is 31.3. The number of carbonyl (C=O) groups is 1. The fourth-order valence-electron chi connectivity index (χ4n) is 2.84. The van der Waals surface area contributed by atoms with Crippen LogP contribution in [0.1, 0.15) is 29.3 Å². The van der Waals surface area contributed by atoms with Gasteiger partial charge in [-0.1, -0.05) is 6.07 Å². The SMILES string of the molecule is COc1ccc([C@H]2CC(=O)Nc3nc(C)[nH]c(=O)c32)cc1OC. The van der Waals surface area contributed by atoms with Crippen molar-refractivity contribution in [3.05, 3.63) is 45.5 Å². The predicted molar refractivity (Wildman–Crippen MR) is 84.2 cm³/mol. The number of rotatable bonds is 3. The molecule has 7 nitrogen and oxygen atoms in total. The summed E-state index contributed by atoms with van der Waals surface area (Å²) in [5.41, 5.74) is 1.02. The van der Waals surface area contributed by atoms with Crippen LogP contribution in [0.4, 0.5) is 5.82 Å². The summed E-state index contributed by atoms with van der Waals surface area (Å²) in [6.07, 6.45) is 0.177. The Balaban J connectivity index is 2.15. The van der Waals surface area contributed by atoms with Gasteiger partial charge in [-0.2, -0.15) is 0 Å². The smallest absolute Gasteiger partial charge is 0.256 e. The summed E-state index contributed by atoms with van der Waals surface area (Å²) in [5.74, 6) is 1.37. The maximum Gasteiger partial charge on any atom is 0.256 e. The number of fused-ring (bicyclic) bond motifs is 1. The maximum atomic E-state index is 12.3. The molecule has 2 aromatic rings. The molecule has 0 saturated carbocycles. The lowest BCUT2D eigenvalue weighted by atomic mass is 9.86. The Labute approximate surface area is 132 Å². The van der Waals surface area contributed by atoms with E-state index in [1.165, 1.54) is 0 Å². The largest absolute Gasteiger partial charge is 0.493 e. The normalized spacial score (nSPS) is 16.5. The number of aromatic nitrogens is 2. The van der Waals surface area contributed by atoms with Crippen molar-refractivity contribution in [3.63, 3.8) is 0 Å². The number of hydrogen-bond donors (Lipinski definition) is 2. The molecule has 0 bridgehead atoms. The third kappa shape index (κ3) is 2.65. The number of nitrogens with zero attached hydrogens (tertiary/aromatic N) is 1. The van der Waals surface area contributed by atoms with E-state index in [1.54, 1.807) is 33.3 Å². The van der Waals surface area contributed by atoms with Gasteiger partial charge in [-0.15, -0.1) is 0 Å². The number of H-pyrrole nitrogens is 1. The van der Waals surface area contributed by atoms with Crippen molar-refractivity contribution in [3.8, 4) is 11.5 Å². The first-order chi connectivity index (χ1) is 11.0. The van der Waals surface area contributed by atoms with Crippen LogP contribution >= 0.6 is 0 Å². The van der Waals surface area contributed by atoms with E-state index in [-0.39, 0.29) is 23.8 Å². The number of anilines is 1. The first-order valence-electron chi connectivity index (χ1n) is 7.16. The third-order valence-corrected chi connectivity index (χ3v) is 3.88. The van der Waals surface area contributed by atoms with E-state index in [4.69, 9.17) is 9.47 Å². The molecule has 1 aromatic heterocycles. The molecule has 1 amide bonds. The monoisotopic (exact) mass is 315 g/mol. The first kappa shape index (κ1) is 15.1. The summed E-state index contributed by atoms with van der Waals surface area (Å²) in [7, 11) is 3.10. The highest BCUT2D eigenvalue weighted by molar-refractivity contribution is 5.94. The lowest BCUT2D eigenvalue weighted by Crippen LogP contribution is -2.31. The topological polar surface area (TPSA) is 93.3 Å². The van der Waals surface area contributed by atoms with Crippen LogP contribution in [0.5, 0.6) is 11.5 Å². The van der Waals surface area contributed by atoms with Crippen LogP contribution in [0.2, 0.25) is 0 Å². The molecule has 1 atom stereocenters. The standard InChI is InChI=1S/C16H17N3O4/c1-8-17-15-14(16(21)18-8)10(7-13(20)19-15)9-4-5-11(22-2)12(6-9)23-3/h4-6,10H,7H2,1-3H3,(H2,17,18,19,20,21)/t10-/m1/s1. The highest BCUT2D eigenvalue weighted by Gasteiger charge is 2.31. The number of methoxy groups -OCH3 is 2. The van der Waals surface area contributed by atoms with Gasteiger partial charge < -0.3 is 19.8 Å². The molecule has 0 aliphatic carbocycles. The van der Waals surface area contributed by atoms with Crippen molar-refractivity contribution in [2.24, 2.45) is 0 Å². The van der Waals surface area contributed by atoms with Gasteiger partial charge in [-0.25, -0.2) is 4.98 Å². The third-order valence-electron chi connectivity index (χ3n) is 3.88. The molecule has 0 saturated heterocycles. The molecule has 2 heterocycles. The quantitative estimate of drug-likeness (QED) is 0.897. The highest BCUT2D eigenvalue weighted by Crippen LogP contribution is 2.37. The molecule has 0 unspecified atom stereocenters. The number of benzene rings is 1. The Morgan fingerprint density at radius 3 is 2.61 bits per heavy atom. The molecule has 0 spiro atoms. The fraction of sp³-hybridized carbons (Fsp3) is 0.312. The summed E-state index contributed by atoms with van der Waals surface area (Å²) in [6, 6.07) is 5.37. The minimum atomic E-state index is -0.379. The molecular formula is C16H17N3O4. The molecule has 23 heavy (non-hydrogen) atoms. The maximum absolute atomic E-state index is 12.3. The lowest BCUT2D eigenvalue weighted by Gasteiger charge is -2.24. The van der Waals surface area contributed by atoms with E-state index in [9.17, 15) is 9.59 Å². The van der Waals surface area contributed by atoms with Crippen molar-refractivity contribution >= 4 is 11.7 Å². The Morgan fingerprint density at radius 1 is 1.17 bits per heavy atom. The molecule has 0 radical (unpaired) electrons. The van der Waals surface area contributed by atoms with Crippen LogP contribution in [0.15, 0.2) is 23.0 Å². The van der Waals surface area contributed by atoms with Gasteiger partial charge in [0.05, 0.1) is 19.8 Å². The summed E-state index contributed by atoms with van der Waals surface area (Å²) >= 11 is 0. The first-order valence-corrected chi connectivity index (χ1v) is 7.16. The predicted octanol–water partition coefficient (Wildman–Crippen LogP) is 1.57. The van der Waals surface area contributed by atoms with Crippen LogP contribution in [0.25, 0.3) is 0 Å². The minimum absolute atomic E-state index is 0.171. The number of aryl methyl sites for hydroxylation is 1. The Morgan fingerprint density at radius 2 is 1.91 bits per heavy atom. The summed E-state index contributed by atoms with van der Waals surface area (Å²) in [6.45, 7) is 1.67. The van der Waals surface area contributed by atoms with E-state index in [0.29, 0.717) is 28.7 Å². The number of amides is 1. The second-order valence-electron chi connectivity index (χ2n) is 5.33. The number of aromatic amines is 1. The van der Waals surface area contributed by atoms with E-state index < -0.39 is 0 Å². The van der Waals surface area contributed by atoms with Crippen LogP contribution < -0.4 is 20.3 Å². The van der Waals surface area contributed by atoms with E-state index in [1.807, 2.05) is 6.07 Å². The van der Waals surface area contributed by atoms with Crippen LogP contribution in [-0.4, -0.2) is 30.1 Å². The highest BCUT2D eigenvalue weighted by atomic mass is 16.5. The number of nitrogens with one attached hydrogen (secondary N) is 2. The van der Waals surface area contributed by atoms with Crippen LogP contribution in [0, 0.1) is 6.92 Å². The van der Waals surface area contributed by atoms with Crippen molar-refractivity contribution in [1.82, 2.24) is 9.97 Å². The van der Waals surface area contributed by atoms with Gasteiger partial charge in [0, 0.05) is 12.3 Å². The van der Waals surface area contributed by atoms with E-state index in [2.05, 4.69) is 15.3 Å². The zero-order chi connectivity index (χ0) is 16.6. The van der Waals surface area contributed by atoms with Gasteiger partial charge in [0.25, 0.3) is 5.56 Å². The molecule has 120 valence electrons. The molecule has 2 N–H and O–H groups in total. The van der Waals surface area contributed by atoms with Crippen molar-refractivity contribution in [1.29, 1.82) is 0 Å². The molecular weight excluding hydrogens is 298 g/mol. The zero-order valence-corrected chi connectivity index (χ0v) is 13.1. The Bertz CT molecular complexity index is 829. The van der Waals surface area contributed by atoms with Gasteiger partial charge in [0.1, 0.15) is 11.6 Å². The van der Waals surface area contributed by atoms with E-state index in [0.717, 1.165) is 5.56 Å².